The molecule has 6 nitrogen and oxygen atoms in total. The molecule has 1 aromatic rings. The number of nitrogens with zero attached hydrogens (tertiary/aromatic N) is 1. The molecule has 1 aromatic carbocycles. The van der Waals surface area contributed by atoms with Crippen molar-refractivity contribution in [2.75, 3.05) is 18.4 Å². The number of piperidine rings is 1. The highest BCUT2D eigenvalue weighted by atomic mass is 79.9. The highest BCUT2D eigenvalue weighted by Crippen LogP contribution is 2.32. The molecule has 0 aromatic heterocycles. The topological polar surface area (TPSA) is 84.3 Å². The number of nitro benzene ring substituents is 1. The number of amides is 1. The fraction of sp³-hybridized carbons (Fsp3) is 0.462. The van der Waals surface area contributed by atoms with Gasteiger partial charge in [-0.1, -0.05) is 6.92 Å². The van der Waals surface area contributed by atoms with Gasteiger partial charge in [-0.2, -0.15) is 0 Å². The van der Waals surface area contributed by atoms with Gasteiger partial charge in [0, 0.05) is 22.0 Å². The molecule has 2 rings (SSSR count). The van der Waals surface area contributed by atoms with Gasteiger partial charge in [0.15, 0.2) is 0 Å². The van der Waals surface area contributed by atoms with Crippen LogP contribution in [0.4, 0.5) is 11.4 Å². The Labute approximate surface area is 125 Å². The largest absolute Gasteiger partial charge is 0.324 e. The number of hydrogen-bond donors (Lipinski definition) is 2. The maximum Gasteiger partial charge on any atom is 0.271 e. The molecule has 108 valence electrons. The van der Waals surface area contributed by atoms with Crippen LogP contribution in [-0.4, -0.2) is 23.9 Å². The second kappa shape index (κ2) is 5.88. The van der Waals surface area contributed by atoms with Gasteiger partial charge in [0.05, 0.1) is 10.6 Å². The molecule has 0 bridgehead atoms. The predicted octanol–water partition coefficient (Wildman–Crippen LogP) is 2.69. The molecule has 0 saturated carbocycles. The molecule has 0 atom stereocenters. The van der Waals surface area contributed by atoms with E-state index >= 15 is 0 Å². The monoisotopic (exact) mass is 341 g/mol. The lowest BCUT2D eigenvalue weighted by molar-refractivity contribution is -0.384. The molecule has 0 radical (unpaired) electrons. The summed E-state index contributed by atoms with van der Waals surface area (Å²) in [5.74, 6) is -0.0970. The Morgan fingerprint density at radius 2 is 2.10 bits per heavy atom. The number of nitro groups is 1. The molecule has 1 aliphatic rings. The Hall–Kier alpha value is -1.47. The van der Waals surface area contributed by atoms with Crippen LogP contribution in [0.3, 0.4) is 0 Å². The van der Waals surface area contributed by atoms with Crippen LogP contribution in [0.1, 0.15) is 19.8 Å². The number of anilines is 1. The van der Waals surface area contributed by atoms with Crippen molar-refractivity contribution in [2.45, 2.75) is 19.8 Å². The smallest absolute Gasteiger partial charge is 0.271 e. The number of halogens is 1. The van der Waals surface area contributed by atoms with E-state index in [4.69, 9.17) is 0 Å². The number of rotatable bonds is 3. The van der Waals surface area contributed by atoms with Gasteiger partial charge < -0.3 is 10.6 Å². The molecule has 1 saturated heterocycles. The van der Waals surface area contributed by atoms with Gasteiger partial charge in [-0.15, -0.1) is 0 Å². The fourth-order valence-corrected chi connectivity index (χ4v) is 2.55. The molecule has 1 heterocycles. The van der Waals surface area contributed by atoms with Gasteiger partial charge in [0.25, 0.3) is 5.69 Å². The molecule has 0 aliphatic carbocycles. The van der Waals surface area contributed by atoms with Crippen molar-refractivity contribution in [3.8, 4) is 0 Å². The minimum atomic E-state index is -0.478. The summed E-state index contributed by atoms with van der Waals surface area (Å²) in [6.07, 6.45) is 1.51. The highest BCUT2D eigenvalue weighted by Gasteiger charge is 2.34. The maximum absolute atomic E-state index is 12.4. The summed E-state index contributed by atoms with van der Waals surface area (Å²) < 4.78 is 0.633. The summed E-state index contributed by atoms with van der Waals surface area (Å²) in [7, 11) is 0. The maximum atomic E-state index is 12.4. The van der Waals surface area contributed by atoms with Gasteiger partial charge in [0.2, 0.25) is 5.91 Å². The summed E-state index contributed by atoms with van der Waals surface area (Å²) in [6, 6.07) is 4.33. The van der Waals surface area contributed by atoms with E-state index in [0.29, 0.717) is 10.2 Å². The average Bonchev–Trinajstić information content (AvgIpc) is 2.41. The summed E-state index contributed by atoms with van der Waals surface area (Å²) in [5, 5.41) is 16.8. The van der Waals surface area contributed by atoms with Crippen LogP contribution in [-0.2, 0) is 4.79 Å². The molecule has 1 fully saturated rings. The van der Waals surface area contributed by atoms with Crippen molar-refractivity contribution in [1.29, 1.82) is 0 Å². The van der Waals surface area contributed by atoms with E-state index in [1.807, 2.05) is 6.92 Å². The average molecular weight is 342 g/mol. The molecule has 7 heteroatoms. The first kappa shape index (κ1) is 14.9. The SMILES string of the molecule is CC1(C(=O)Nc2cc([N+](=O)[O-])ccc2Br)CCNCC1. The summed E-state index contributed by atoms with van der Waals surface area (Å²) in [6.45, 7) is 3.54. The number of carbonyl (C=O) groups is 1. The summed E-state index contributed by atoms with van der Waals surface area (Å²) in [5.41, 5.74) is -0.0436. The van der Waals surface area contributed by atoms with Crippen LogP contribution < -0.4 is 10.6 Å². The van der Waals surface area contributed by atoms with Crippen LogP contribution in [0, 0.1) is 15.5 Å². The van der Waals surface area contributed by atoms with Gasteiger partial charge in [-0.25, -0.2) is 0 Å². The predicted molar refractivity (Wildman–Crippen MR) is 79.6 cm³/mol. The van der Waals surface area contributed by atoms with Crippen molar-refractivity contribution in [2.24, 2.45) is 5.41 Å². The van der Waals surface area contributed by atoms with E-state index in [1.54, 1.807) is 6.07 Å². The summed E-state index contributed by atoms with van der Waals surface area (Å²) in [4.78, 5) is 22.7. The zero-order valence-corrected chi connectivity index (χ0v) is 12.7. The van der Waals surface area contributed by atoms with Gasteiger partial charge >= 0.3 is 0 Å². The van der Waals surface area contributed by atoms with E-state index in [-0.39, 0.29) is 11.6 Å². The van der Waals surface area contributed by atoms with Crippen molar-refractivity contribution in [3.63, 3.8) is 0 Å². The number of hydrogen-bond acceptors (Lipinski definition) is 4. The fourth-order valence-electron chi connectivity index (χ4n) is 2.20. The van der Waals surface area contributed by atoms with Crippen molar-refractivity contribution >= 4 is 33.2 Å². The van der Waals surface area contributed by atoms with E-state index in [9.17, 15) is 14.9 Å². The van der Waals surface area contributed by atoms with Crippen LogP contribution in [0.2, 0.25) is 0 Å². The van der Waals surface area contributed by atoms with E-state index in [0.717, 1.165) is 25.9 Å². The van der Waals surface area contributed by atoms with Crippen LogP contribution in [0.15, 0.2) is 22.7 Å². The quantitative estimate of drug-likeness (QED) is 0.653. The third kappa shape index (κ3) is 3.16. The van der Waals surface area contributed by atoms with Crippen LogP contribution in [0.25, 0.3) is 0 Å². The van der Waals surface area contributed by atoms with Crippen LogP contribution in [0.5, 0.6) is 0 Å². The Morgan fingerprint density at radius 1 is 1.45 bits per heavy atom. The molecule has 1 aliphatic heterocycles. The zero-order valence-electron chi connectivity index (χ0n) is 11.1. The summed E-state index contributed by atoms with van der Waals surface area (Å²) >= 11 is 3.30. The van der Waals surface area contributed by atoms with Crippen molar-refractivity contribution < 1.29 is 9.72 Å². The number of carbonyl (C=O) groups excluding carboxylic acids is 1. The Bertz CT molecular complexity index is 542. The molecule has 0 spiro atoms. The van der Waals surface area contributed by atoms with Gasteiger partial charge in [-0.3, -0.25) is 14.9 Å². The zero-order chi connectivity index (χ0) is 14.8. The second-order valence-corrected chi connectivity index (χ2v) is 6.04. The first-order valence-corrected chi connectivity index (χ1v) is 7.18. The Morgan fingerprint density at radius 3 is 2.70 bits per heavy atom. The minimum Gasteiger partial charge on any atom is -0.324 e. The molecule has 1 amide bonds. The lowest BCUT2D eigenvalue weighted by Gasteiger charge is -2.32. The van der Waals surface area contributed by atoms with Crippen molar-refractivity contribution in [3.05, 3.63) is 32.8 Å². The first-order valence-electron chi connectivity index (χ1n) is 6.38. The molecular weight excluding hydrogens is 326 g/mol. The Balaban J connectivity index is 2.18. The lowest BCUT2D eigenvalue weighted by atomic mass is 9.80. The van der Waals surface area contributed by atoms with Gasteiger partial charge in [0.1, 0.15) is 0 Å². The van der Waals surface area contributed by atoms with Gasteiger partial charge in [-0.05, 0) is 47.9 Å². The van der Waals surface area contributed by atoms with Crippen molar-refractivity contribution in [1.82, 2.24) is 5.32 Å². The third-order valence-corrected chi connectivity index (χ3v) is 4.36. The second-order valence-electron chi connectivity index (χ2n) is 5.19. The number of nitrogens with one attached hydrogen (secondary N) is 2. The third-order valence-electron chi connectivity index (χ3n) is 3.66. The van der Waals surface area contributed by atoms with Crippen LogP contribution >= 0.6 is 15.9 Å². The van der Waals surface area contributed by atoms with E-state index in [1.165, 1.54) is 12.1 Å². The van der Waals surface area contributed by atoms with E-state index < -0.39 is 10.3 Å². The standard InChI is InChI=1S/C13H16BrN3O3/c1-13(4-6-15-7-5-13)12(18)16-11-8-9(17(19)20)2-3-10(11)14/h2-3,8,15H,4-7H2,1H3,(H,16,18). The van der Waals surface area contributed by atoms with E-state index in [2.05, 4.69) is 26.6 Å². The molecule has 2 N–H and O–H groups in total. The number of benzene rings is 1. The normalized spacial score (nSPS) is 17.5. The first-order chi connectivity index (χ1) is 9.42. The number of non-ortho nitro benzene ring substituents is 1. The Kier molecular flexibility index (Phi) is 4.39. The molecule has 20 heavy (non-hydrogen) atoms. The molecular formula is C13H16BrN3O3. The lowest BCUT2D eigenvalue weighted by Crippen LogP contribution is -2.42. The highest BCUT2D eigenvalue weighted by molar-refractivity contribution is 9.10. The minimum absolute atomic E-state index is 0.0426. The molecule has 0 unspecified atom stereocenters.